The van der Waals surface area contributed by atoms with Crippen molar-refractivity contribution in [3.63, 3.8) is 0 Å². The van der Waals surface area contributed by atoms with E-state index in [0.717, 1.165) is 4.90 Å². The number of rotatable bonds is 2. The number of hydrogen-bond acceptors (Lipinski definition) is 4. The van der Waals surface area contributed by atoms with E-state index in [1.807, 2.05) is 0 Å². The van der Waals surface area contributed by atoms with Gasteiger partial charge >= 0.3 is 5.97 Å². The summed E-state index contributed by atoms with van der Waals surface area (Å²) in [5, 5.41) is 10.9. The number of carboxylic acids is 1. The first-order valence-corrected chi connectivity index (χ1v) is 5.31. The summed E-state index contributed by atoms with van der Waals surface area (Å²) in [7, 11) is 0. The summed E-state index contributed by atoms with van der Waals surface area (Å²) in [6.07, 6.45) is 0. The smallest absolute Gasteiger partial charge is 0.331 e. The van der Waals surface area contributed by atoms with Crippen molar-refractivity contribution in [1.82, 2.24) is 10.2 Å². The molecule has 0 spiro atoms. The average Bonchev–Trinajstić information content (AvgIpc) is 2.30. The Hall–Kier alpha value is -2.18. The van der Waals surface area contributed by atoms with E-state index >= 15 is 0 Å². The number of piperazine rings is 1. The lowest BCUT2D eigenvalue weighted by Crippen LogP contribution is -2.58. The fourth-order valence-corrected chi connectivity index (χ4v) is 1.50. The van der Waals surface area contributed by atoms with E-state index < -0.39 is 29.7 Å². The standard InChI is InChI=1S/C11H14N2O5/c1-5(6(2)11(17)18)10(16)13-4-8(14)12-9(15)7(13)3/h7H,4H2,1-3H3,(H,17,18)(H,12,14,15)/b6-5+. The summed E-state index contributed by atoms with van der Waals surface area (Å²) in [5.41, 5.74) is -0.0949. The zero-order valence-electron chi connectivity index (χ0n) is 10.3. The molecular formula is C11H14N2O5. The molecule has 1 heterocycles. The van der Waals surface area contributed by atoms with Gasteiger partial charge in [0.1, 0.15) is 12.6 Å². The van der Waals surface area contributed by atoms with E-state index in [9.17, 15) is 19.2 Å². The van der Waals surface area contributed by atoms with Crippen LogP contribution in [-0.4, -0.2) is 46.3 Å². The summed E-state index contributed by atoms with van der Waals surface area (Å²) in [5.74, 6) is -2.97. The van der Waals surface area contributed by atoms with Crippen LogP contribution in [0.1, 0.15) is 20.8 Å². The number of nitrogens with one attached hydrogen (secondary N) is 1. The van der Waals surface area contributed by atoms with Gasteiger partial charge in [0.15, 0.2) is 0 Å². The Labute approximate surface area is 103 Å². The predicted octanol–water partition coefficient (Wildman–Crippen LogP) is -0.719. The number of aliphatic carboxylic acids is 1. The van der Waals surface area contributed by atoms with Crippen molar-refractivity contribution in [1.29, 1.82) is 0 Å². The van der Waals surface area contributed by atoms with Crippen molar-refractivity contribution in [2.45, 2.75) is 26.8 Å². The molecule has 0 radical (unpaired) electrons. The summed E-state index contributed by atoms with van der Waals surface area (Å²) < 4.78 is 0. The summed E-state index contributed by atoms with van der Waals surface area (Å²) in [6.45, 7) is 3.88. The van der Waals surface area contributed by atoms with Crippen LogP contribution in [0.5, 0.6) is 0 Å². The molecule has 0 aromatic rings. The Balaban J connectivity index is 3.03. The molecule has 1 atom stereocenters. The molecule has 18 heavy (non-hydrogen) atoms. The molecule has 1 fully saturated rings. The summed E-state index contributed by atoms with van der Waals surface area (Å²) in [6, 6.07) is -0.799. The van der Waals surface area contributed by atoms with Crippen molar-refractivity contribution in [2.24, 2.45) is 0 Å². The van der Waals surface area contributed by atoms with Crippen LogP contribution in [0.4, 0.5) is 0 Å². The van der Waals surface area contributed by atoms with Crippen molar-refractivity contribution in [3.05, 3.63) is 11.1 Å². The van der Waals surface area contributed by atoms with E-state index in [0.29, 0.717) is 0 Å². The lowest BCUT2D eigenvalue weighted by Gasteiger charge is -2.32. The molecule has 1 unspecified atom stereocenters. The Kier molecular flexibility index (Phi) is 3.85. The zero-order chi connectivity index (χ0) is 14.0. The molecule has 2 N–H and O–H groups in total. The fourth-order valence-electron chi connectivity index (χ4n) is 1.50. The highest BCUT2D eigenvalue weighted by Crippen LogP contribution is 2.13. The first-order chi connectivity index (χ1) is 8.25. The SMILES string of the molecule is C/C(C(=O)O)=C(/C)C(=O)N1CC(=O)NC(=O)C1C. The highest BCUT2D eigenvalue weighted by atomic mass is 16.4. The first kappa shape index (κ1) is 13.9. The zero-order valence-corrected chi connectivity index (χ0v) is 10.3. The summed E-state index contributed by atoms with van der Waals surface area (Å²) in [4.78, 5) is 46.4. The van der Waals surface area contributed by atoms with Gasteiger partial charge in [-0.15, -0.1) is 0 Å². The van der Waals surface area contributed by atoms with Gasteiger partial charge in [-0.1, -0.05) is 0 Å². The maximum absolute atomic E-state index is 12.0. The van der Waals surface area contributed by atoms with Crippen LogP contribution in [0.2, 0.25) is 0 Å². The van der Waals surface area contributed by atoms with E-state index in [1.54, 1.807) is 0 Å². The van der Waals surface area contributed by atoms with Gasteiger partial charge in [-0.05, 0) is 20.8 Å². The molecule has 1 aliphatic heterocycles. The number of amides is 3. The molecule has 0 aromatic carbocycles. The molecule has 0 saturated carbocycles. The number of carboxylic acid groups (broad SMARTS) is 1. The van der Waals surface area contributed by atoms with Crippen LogP contribution in [-0.2, 0) is 19.2 Å². The van der Waals surface area contributed by atoms with Gasteiger partial charge in [-0.2, -0.15) is 0 Å². The van der Waals surface area contributed by atoms with Crippen molar-refractivity contribution >= 4 is 23.7 Å². The minimum Gasteiger partial charge on any atom is -0.478 e. The third kappa shape index (κ3) is 2.55. The van der Waals surface area contributed by atoms with Crippen LogP contribution in [0.15, 0.2) is 11.1 Å². The fraction of sp³-hybridized carbons (Fsp3) is 0.455. The molecular weight excluding hydrogens is 240 g/mol. The minimum absolute atomic E-state index is 0.0110. The topological polar surface area (TPSA) is 104 Å². The normalized spacial score (nSPS) is 21.3. The molecule has 0 aromatic heterocycles. The number of carbonyl (C=O) groups excluding carboxylic acids is 3. The van der Waals surface area contributed by atoms with Gasteiger partial charge in [0.05, 0.1) is 0 Å². The largest absolute Gasteiger partial charge is 0.478 e. The molecule has 3 amide bonds. The van der Waals surface area contributed by atoms with Crippen molar-refractivity contribution in [2.75, 3.05) is 6.54 Å². The Bertz CT molecular complexity index is 466. The predicted molar refractivity (Wildman–Crippen MR) is 60.3 cm³/mol. The average molecular weight is 254 g/mol. The Morgan fingerprint density at radius 1 is 1.28 bits per heavy atom. The summed E-state index contributed by atoms with van der Waals surface area (Å²) >= 11 is 0. The maximum Gasteiger partial charge on any atom is 0.331 e. The van der Waals surface area contributed by atoms with E-state index in [2.05, 4.69) is 5.32 Å². The van der Waals surface area contributed by atoms with Crippen LogP contribution in [0.3, 0.4) is 0 Å². The molecule has 0 bridgehead atoms. The van der Waals surface area contributed by atoms with Crippen LogP contribution >= 0.6 is 0 Å². The van der Waals surface area contributed by atoms with Gasteiger partial charge in [-0.3, -0.25) is 19.7 Å². The number of nitrogens with zero attached hydrogens (tertiary/aromatic N) is 1. The molecule has 1 aliphatic rings. The quantitative estimate of drug-likeness (QED) is 0.500. The van der Waals surface area contributed by atoms with Crippen LogP contribution in [0.25, 0.3) is 0 Å². The first-order valence-electron chi connectivity index (χ1n) is 5.31. The lowest BCUT2D eigenvalue weighted by atomic mass is 10.1. The molecule has 7 heteroatoms. The Morgan fingerprint density at radius 2 is 1.83 bits per heavy atom. The van der Waals surface area contributed by atoms with Gasteiger partial charge in [-0.25, -0.2) is 4.79 Å². The van der Waals surface area contributed by atoms with Crippen LogP contribution < -0.4 is 5.32 Å². The van der Waals surface area contributed by atoms with Crippen LogP contribution in [0, 0.1) is 0 Å². The van der Waals surface area contributed by atoms with E-state index in [4.69, 9.17) is 5.11 Å². The lowest BCUT2D eigenvalue weighted by molar-refractivity contribution is -0.147. The van der Waals surface area contributed by atoms with Gasteiger partial charge in [0.2, 0.25) is 11.8 Å². The highest BCUT2D eigenvalue weighted by Gasteiger charge is 2.34. The van der Waals surface area contributed by atoms with E-state index in [1.165, 1.54) is 20.8 Å². The molecule has 7 nitrogen and oxygen atoms in total. The van der Waals surface area contributed by atoms with Crippen molar-refractivity contribution in [3.8, 4) is 0 Å². The van der Waals surface area contributed by atoms with Gasteiger partial charge in [0.25, 0.3) is 5.91 Å². The minimum atomic E-state index is -1.21. The molecule has 1 rings (SSSR count). The highest BCUT2D eigenvalue weighted by molar-refractivity contribution is 6.08. The molecule has 0 aliphatic carbocycles. The monoisotopic (exact) mass is 254 g/mol. The van der Waals surface area contributed by atoms with E-state index in [-0.39, 0.29) is 17.7 Å². The third-order valence-electron chi connectivity index (χ3n) is 2.89. The molecule has 98 valence electrons. The second-order valence-corrected chi connectivity index (χ2v) is 4.08. The van der Waals surface area contributed by atoms with Gasteiger partial charge < -0.3 is 10.0 Å². The third-order valence-corrected chi connectivity index (χ3v) is 2.89. The Morgan fingerprint density at radius 3 is 2.33 bits per heavy atom. The van der Waals surface area contributed by atoms with Crippen molar-refractivity contribution < 1.29 is 24.3 Å². The maximum atomic E-state index is 12.0. The number of hydrogen-bond donors (Lipinski definition) is 2. The number of imide groups is 1. The second kappa shape index (κ2) is 4.99. The van der Waals surface area contributed by atoms with Gasteiger partial charge in [0, 0.05) is 11.1 Å². The second-order valence-electron chi connectivity index (χ2n) is 4.08. The molecule has 1 saturated heterocycles. The number of carbonyl (C=O) groups is 4.